The van der Waals surface area contributed by atoms with Crippen molar-refractivity contribution in [3.8, 4) is 11.1 Å². The second-order valence-corrected chi connectivity index (χ2v) is 18.3. The molecule has 3 aliphatic carbocycles. The van der Waals surface area contributed by atoms with E-state index in [1.807, 2.05) is 0 Å². The number of hydrogen-bond acceptors (Lipinski definition) is 1. The lowest BCUT2D eigenvalue weighted by Crippen LogP contribution is -2.38. The summed E-state index contributed by atoms with van der Waals surface area (Å²) in [6, 6.07) is 66.3. The molecule has 0 heterocycles. The van der Waals surface area contributed by atoms with Crippen LogP contribution in [0.15, 0.2) is 218 Å². The molecule has 0 saturated carbocycles. The van der Waals surface area contributed by atoms with Crippen molar-refractivity contribution in [3.05, 3.63) is 240 Å². The van der Waals surface area contributed by atoms with Crippen molar-refractivity contribution in [2.75, 3.05) is 4.90 Å². The van der Waals surface area contributed by atoms with Gasteiger partial charge >= 0.3 is 0 Å². The van der Waals surface area contributed by atoms with Gasteiger partial charge in [-0.1, -0.05) is 194 Å². The molecular formula is C62H55N. The Bertz CT molecular complexity index is 3030. The number of anilines is 1. The minimum atomic E-state index is 0.350. The predicted octanol–water partition coefficient (Wildman–Crippen LogP) is 16.3. The first-order valence-corrected chi connectivity index (χ1v) is 23.4. The Morgan fingerprint density at radius 3 is 1.83 bits per heavy atom. The fraction of sp³-hybridized carbons (Fsp3) is 0.194. The first kappa shape index (κ1) is 39.2. The van der Waals surface area contributed by atoms with Crippen molar-refractivity contribution < 1.29 is 0 Å². The van der Waals surface area contributed by atoms with E-state index in [9.17, 15) is 0 Å². The van der Waals surface area contributed by atoms with Gasteiger partial charge in [0.2, 0.25) is 0 Å². The van der Waals surface area contributed by atoms with Crippen LogP contribution in [-0.4, -0.2) is 6.04 Å². The van der Waals surface area contributed by atoms with Crippen molar-refractivity contribution >= 4 is 43.6 Å². The summed E-state index contributed by atoms with van der Waals surface area (Å²) in [4.78, 5) is 2.65. The van der Waals surface area contributed by atoms with Gasteiger partial charge in [0.25, 0.3) is 0 Å². The van der Waals surface area contributed by atoms with Gasteiger partial charge in [-0.25, -0.2) is 0 Å². The highest BCUT2D eigenvalue weighted by Gasteiger charge is 2.31. The summed E-state index contributed by atoms with van der Waals surface area (Å²) < 4.78 is 0. The standard InChI is InChI=1S/C62H55N/c1-5-13-54-39-45(20-23-46(54)9-1)40-58(59-30-29-47-10-2-6-14-55(47)41-59)24-19-44-17-21-50(22-18-44)51-25-27-52(28-26-51)53-31-35-60(36-32-53)63(61-37-33-48-11-3-7-15-56(48)42-61)62-38-34-49-12-4-8-16-57(49)43-62/h1-3,5-11,13-18,20-23,25-31,33-35,37-39,41-42,49,57-58,62H,4,12,19,24,32,36,40,43H2. The van der Waals surface area contributed by atoms with Crippen LogP contribution in [0.25, 0.3) is 49.0 Å². The molecule has 0 aromatic heterocycles. The Morgan fingerprint density at radius 1 is 0.492 bits per heavy atom. The first-order valence-electron chi connectivity index (χ1n) is 23.4. The molecule has 0 aliphatic heterocycles. The van der Waals surface area contributed by atoms with Gasteiger partial charge in [-0.3, -0.25) is 0 Å². The SMILES string of the molecule is C1=CC2CC(N(C3=CC=C(c4ccc(-c5ccc(CCC(Cc6ccc7ccccc7c6)c6ccc7ccccc7c6)cc5)cc4)CC3)c3ccc4ccccc4c3)C=CC2CC1. The van der Waals surface area contributed by atoms with Crippen LogP contribution in [0.1, 0.15) is 66.7 Å². The molecule has 0 spiro atoms. The van der Waals surface area contributed by atoms with E-state index in [-0.39, 0.29) is 0 Å². The summed E-state index contributed by atoms with van der Waals surface area (Å²) in [5.41, 5.74) is 12.2. The molecule has 308 valence electrons. The van der Waals surface area contributed by atoms with Crippen LogP contribution in [0, 0.1) is 11.8 Å². The average molecular weight is 814 g/mol. The summed E-state index contributed by atoms with van der Waals surface area (Å²) in [5, 5.41) is 7.84. The van der Waals surface area contributed by atoms with E-state index in [1.54, 1.807) is 0 Å². The van der Waals surface area contributed by atoms with Crippen LogP contribution in [-0.2, 0) is 12.8 Å². The van der Waals surface area contributed by atoms with Crippen LogP contribution in [0.3, 0.4) is 0 Å². The summed E-state index contributed by atoms with van der Waals surface area (Å²) in [5.74, 6) is 1.74. The maximum atomic E-state index is 2.65. The minimum Gasteiger partial charge on any atom is -0.338 e. The quantitative estimate of drug-likeness (QED) is 0.118. The maximum absolute atomic E-state index is 2.65. The predicted molar refractivity (Wildman–Crippen MR) is 269 cm³/mol. The number of rotatable bonds is 11. The molecule has 0 radical (unpaired) electrons. The first-order chi connectivity index (χ1) is 31.2. The zero-order valence-electron chi connectivity index (χ0n) is 36.1. The van der Waals surface area contributed by atoms with E-state index in [4.69, 9.17) is 0 Å². The van der Waals surface area contributed by atoms with Crippen LogP contribution in [0.4, 0.5) is 5.69 Å². The van der Waals surface area contributed by atoms with E-state index in [2.05, 4.69) is 217 Å². The summed E-state index contributed by atoms with van der Waals surface area (Å²) in [6.07, 6.45) is 23.6. The average Bonchev–Trinajstić information content (AvgIpc) is 3.35. The van der Waals surface area contributed by atoms with Gasteiger partial charge in [0, 0.05) is 11.4 Å². The van der Waals surface area contributed by atoms with E-state index < -0.39 is 0 Å². The molecule has 4 atom stereocenters. The molecule has 0 amide bonds. The fourth-order valence-electron chi connectivity index (χ4n) is 10.8. The number of fused-ring (bicyclic) bond motifs is 4. The maximum Gasteiger partial charge on any atom is 0.0525 e. The monoisotopic (exact) mass is 813 g/mol. The molecule has 8 aromatic carbocycles. The van der Waals surface area contributed by atoms with Crippen molar-refractivity contribution in [1.29, 1.82) is 0 Å². The number of benzene rings is 8. The summed E-state index contributed by atoms with van der Waals surface area (Å²) >= 11 is 0. The Labute approximate surface area is 373 Å². The molecule has 4 unspecified atom stereocenters. The van der Waals surface area contributed by atoms with Gasteiger partial charge in [-0.15, -0.1) is 0 Å². The Morgan fingerprint density at radius 2 is 1.11 bits per heavy atom. The smallest absolute Gasteiger partial charge is 0.0525 e. The number of hydrogen-bond donors (Lipinski definition) is 0. The normalized spacial score (nSPS) is 18.8. The van der Waals surface area contributed by atoms with Crippen molar-refractivity contribution in [2.45, 2.75) is 63.3 Å². The molecule has 0 bridgehead atoms. The lowest BCUT2D eigenvalue weighted by Gasteiger charge is -2.41. The van der Waals surface area contributed by atoms with Gasteiger partial charge in [0.1, 0.15) is 0 Å². The van der Waals surface area contributed by atoms with Crippen molar-refractivity contribution in [3.63, 3.8) is 0 Å². The van der Waals surface area contributed by atoms with E-state index in [0.717, 1.165) is 32.1 Å². The molecule has 0 fully saturated rings. The van der Waals surface area contributed by atoms with Crippen LogP contribution < -0.4 is 4.90 Å². The zero-order valence-corrected chi connectivity index (χ0v) is 36.1. The Balaban J connectivity index is 0.794. The third kappa shape index (κ3) is 8.46. The van der Waals surface area contributed by atoms with E-state index in [0.29, 0.717) is 23.8 Å². The topological polar surface area (TPSA) is 3.24 Å². The molecule has 0 saturated heterocycles. The van der Waals surface area contributed by atoms with Gasteiger partial charge in [-0.05, 0) is 159 Å². The van der Waals surface area contributed by atoms with Gasteiger partial charge in [0.05, 0.1) is 6.04 Å². The Hall–Kier alpha value is -6.70. The molecule has 8 aromatic rings. The Kier molecular flexibility index (Phi) is 10.9. The molecular weight excluding hydrogens is 759 g/mol. The molecule has 1 nitrogen and oxygen atoms in total. The third-order valence-electron chi connectivity index (χ3n) is 14.3. The molecule has 1 heteroatoms. The van der Waals surface area contributed by atoms with Crippen LogP contribution >= 0.6 is 0 Å². The van der Waals surface area contributed by atoms with E-state index >= 15 is 0 Å². The molecule has 63 heavy (non-hydrogen) atoms. The van der Waals surface area contributed by atoms with Gasteiger partial charge < -0.3 is 4.90 Å². The number of aryl methyl sites for hydroxylation is 1. The highest BCUT2D eigenvalue weighted by atomic mass is 15.2. The van der Waals surface area contributed by atoms with Crippen LogP contribution in [0.2, 0.25) is 0 Å². The second-order valence-electron chi connectivity index (χ2n) is 18.3. The number of allylic oxidation sites excluding steroid dienone is 7. The van der Waals surface area contributed by atoms with E-state index in [1.165, 1.54) is 102 Å². The van der Waals surface area contributed by atoms with Crippen LogP contribution in [0.5, 0.6) is 0 Å². The van der Waals surface area contributed by atoms with Crippen molar-refractivity contribution in [1.82, 2.24) is 0 Å². The molecule has 3 aliphatic rings. The molecule has 0 N–H and O–H groups in total. The minimum absolute atomic E-state index is 0.350. The largest absolute Gasteiger partial charge is 0.338 e. The zero-order chi connectivity index (χ0) is 42.0. The van der Waals surface area contributed by atoms with Crippen molar-refractivity contribution in [2.24, 2.45) is 11.8 Å². The molecule has 11 rings (SSSR count). The summed E-state index contributed by atoms with van der Waals surface area (Å²) in [6.45, 7) is 0. The second kappa shape index (κ2) is 17.6. The summed E-state index contributed by atoms with van der Waals surface area (Å²) in [7, 11) is 0. The highest BCUT2D eigenvalue weighted by Crippen LogP contribution is 2.41. The lowest BCUT2D eigenvalue weighted by atomic mass is 9.76. The number of nitrogens with zero attached hydrogens (tertiary/aromatic N) is 1. The fourth-order valence-corrected chi connectivity index (χ4v) is 10.8. The highest BCUT2D eigenvalue weighted by molar-refractivity contribution is 5.87. The van der Waals surface area contributed by atoms with Gasteiger partial charge in [-0.2, -0.15) is 0 Å². The third-order valence-corrected chi connectivity index (χ3v) is 14.3. The van der Waals surface area contributed by atoms with Gasteiger partial charge in [0.15, 0.2) is 0 Å². The lowest BCUT2D eigenvalue weighted by molar-refractivity contribution is 0.369.